The quantitative estimate of drug-likeness (QED) is 0.803. The fourth-order valence-corrected chi connectivity index (χ4v) is 1.79. The van der Waals surface area contributed by atoms with Gasteiger partial charge in [0.1, 0.15) is 23.7 Å². The Bertz CT molecular complexity index is 450. The number of benzene rings is 1. The Hall–Kier alpha value is -1.62. The SMILES string of the molecule is CCNC(C)(COc1ccc(F)cc1C)C(=O)OC. The minimum atomic E-state index is -0.926. The van der Waals surface area contributed by atoms with Crippen molar-refractivity contribution in [2.75, 3.05) is 20.3 Å². The molecule has 0 heterocycles. The number of nitrogens with one attached hydrogen (secondary N) is 1. The van der Waals surface area contributed by atoms with Gasteiger partial charge in [-0.2, -0.15) is 0 Å². The average molecular weight is 269 g/mol. The molecule has 0 spiro atoms. The third kappa shape index (κ3) is 3.92. The molecule has 1 rings (SSSR count). The van der Waals surface area contributed by atoms with Gasteiger partial charge in [0.25, 0.3) is 0 Å². The van der Waals surface area contributed by atoms with Crippen LogP contribution in [-0.2, 0) is 9.53 Å². The highest BCUT2D eigenvalue weighted by atomic mass is 19.1. The van der Waals surface area contributed by atoms with Crippen LogP contribution in [0.5, 0.6) is 5.75 Å². The molecular formula is C14H20FNO3. The van der Waals surface area contributed by atoms with E-state index in [1.807, 2.05) is 6.92 Å². The molecule has 19 heavy (non-hydrogen) atoms. The summed E-state index contributed by atoms with van der Waals surface area (Å²) >= 11 is 0. The third-order valence-corrected chi connectivity index (χ3v) is 2.86. The number of carbonyl (C=O) groups excluding carboxylic acids is 1. The van der Waals surface area contributed by atoms with Gasteiger partial charge in [-0.3, -0.25) is 5.32 Å². The van der Waals surface area contributed by atoms with E-state index in [0.29, 0.717) is 17.9 Å². The number of hydrogen-bond acceptors (Lipinski definition) is 4. The van der Waals surface area contributed by atoms with E-state index >= 15 is 0 Å². The van der Waals surface area contributed by atoms with Gasteiger partial charge >= 0.3 is 5.97 Å². The molecule has 4 nitrogen and oxygen atoms in total. The summed E-state index contributed by atoms with van der Waals surface area (Å²) in [6.45, 7) is 6.07. The first-order valence-corrected chi connectivity index (χ1v) is 6.15. The molecule has 0 amide bonds. The Kier molecular flexibility index (Phi) is 5.30. The van der Waals surface area contributed by atoms with Crippen molar-refractivity contribution in [1.29, 1.82) is 0 Å². The van der Waals surface area contributed by atoms with E-state index in [0.717, 1.165) is 0 Å². The van der Waals surface area contributed by atoms with Crippen LogP contribution in [0.3, 0.4) is 0 Å². The number of carbonyl (C=O) groups is 1. The number of ether oxygens (including phenoxy) is 2. The minimum absolute atomic E-state index is 0.111. The molecule has 0 aliphatic carbocycles. The monoisotopic (exact) mass is 269 g/mol. The molecule has 0 aliphatic heterocycles. The van der Waals surface area contributed by atoms with Crippen molar-refractivity contribution in [3.8, 4) is 5.75 Å². The lowest BCUT2D eigenvalue weighted by atomic mass is 10.0. The van der Waals surface area contributed by atoms with Crippen LogP contribution in [0.4, 0.5) is 4.39 Å². The van der Waals surface area contributed by atoms with Gasteiger partial charge in [-0.25, -0.2) is 9.18 Å². The molecule has 106 valence electrons. The Morgan fingerprint density at radius 1 is 1.47 bits per heavy atom. The smallest absolute Gasteiger partial charge is 0.329 e. The number of likely N-dealkylation sites (N-methyl/N-ethyl adjacent to an activating group) is 1. The predicted octanol–water partition coefficient (Wildman–Crippen LogP) is 2.05. The second-order valence-electron chi connectivity index (χ2n) is 4.55. The van der Waals surface area contributed by atoms with Crippen LogP contribution in [-0.4, -0.2) is 31.8 Å². The van der Waals surface area contributed by atoms with Crippen LogP contribution >= 0.6 is 0 Å². The van der Waals surface area contributed by atoms with Crippen LogP contribution in [0.2, 0.25) is 0 Å². The van der Waals surface area contributed by atoms with Gasteiger partial charge in [0.15, 0.2) is 0 Å². The van der Waals surface area contributed by atoms with Crippen molar-refractivity contribution in [3.63, 3.8) is 0 Å². The largest absolute Gasteiger partial charge is 0.491 e. The average Bonchev–Trinajstić information content (AvgIpc) is 2.37. The van der Waals surface area contributed by atoms with E-state index in [2.05, 4.69) is 5.32 Å². The Morgan fingerprint density at radius 3 is 2.68 bits per heavy atom. The molecule has 0 saturated heterocycles. The predicted molar refractivity (Wildman–Crippen MR) is 70.7 cm³/mol. The highest BCUT2D eigenvalue weighted by molar-refractivity contribution is 5.80. The molecule has 1 unspecified atom stereocenters. The summed E-state index contributed by atoms with van der Waals surface area (Å²) in [6, 6.07) is 4.26. The van der Waals surface area contributed by atoms with Crippen LogP contribution in [0.25, 0.3) is 0 Å². The fraction of sp³-hybridized carbons (Fsp3) is 0.500. The lowest BCUT2D eigenvalue weighted by Crippen LogP contribution is -2.54. The van der Waals surface area contributed by atoms with Gasteiger partial charge in [-0.15, -0.1) is 0 Å². The van der Waals surface area contributed by atoms with Crippen molar-refractivity contribution in [3.05, 3.63) is 29.6 Å². The van der Waals surface area contributed by atoms with Gasteiger partial charge in [0.2, 0.25) is 0 Å². The molecule has 0 radical (unpaired) electrons. The Balaban J connectivity index is 2.79. The van der Waals surface area contributed by atoms with Crippen LogP contribution in [0.15, 0.2) is 18.2 Å². The maximum absolute atomic E-state index is 13.0. The van der Waals surface area contributed by atoms with E-state index < -0.39 is 11.5 Å². The minimum Gasteiger partial charge on any atom is -0.491 e. The second-order valence-corrected chi connectivity index (χ2v) is 4.55. The van der Waals surface area contributed by atoms with E-state index in [9.17, 15) is 9.18 Å². The summed E-state index contributed by atoms with van der Waals surface area (Å²) in [6.07, 6.45) is 0. The van der Waals surface area contributed by atoms with Crippen molar-refractivity contribution < 1.29 is 18.7 Å². The molecule has 1 aromatic rings. The van der Waals surface area contributed by atoms with Gasteiger partial charge in [-0.1, -0.05) is 6.92 Å². The zero-order valence-corrected chi connectivity index (χ0v) is 11.7. The molecule has 1 atom stereocenters. The lowest BCUT2D eigenvalue weighted by molar-refractivity contribution is -0.149. The van der Waals surface area contributed by atoms with Crippen molar-refractivity contribution >= 4 is 5.97 Å². The molecule has 0 aliphatic rings. The van der Waals surface area contributed by atoms with Gasteiger partial charge in [0, 0.05) is 0 Å². The molecule has 5 heteroatoms. The molecule has 0 bridgehead atoms. The van der Waals surface area contributed by atoms with Crippen molar-refractivity contribution in [1.82, 2.24) is 5.32 Å². The van der Waals surface area contributed by atoms with Crippen molar-refractivity contribution in [2.24, 2.45) is 0 Å². The first-order chi connectivity index (χ1) is 8.92. The Labute approximate surface area is 112 Å². The molecular weight excluding hydrogens is 249 g/mol. The van der Waals surface area contributed by atoms with Crippen LogP contribution in [0, 0.1) is 12.7 Å². The topological polar surface area (TPSA) is 47.6 Å². The molecule has 0 saturated carbocycles. The van der Waals surface area contributed by atoms with E-state index in [1.165, 1.54) is 19.2 Å². The highest BCUT2D eigenvalue weighted by Crippen LogP contribution is 2.20. The summed E-state index contributed by atoms with van der Waals surface area (Å²) in [4.78, 5) is 11.8. The van der Waals surface area contributed by atoms with Gasteiger partial charge in [0.05, 0.1) is 7.11 Å². The highest BCUT2D eigenvalue weighted by Gasteiger charge is 2.34. The summed E-state index contributed by atoms with van der Waals surface area (Å²) in [7, 11) is 1.33. The second kappa shape index (κ2) is 6.52. The molecule has 1 aromatic carbocycles. The Morgan fingerprint density at radius 2 is 2.16 bits per heavy atom. The molecule has 1 N–H and O–H groups in total. The van der Waals surface area contributed by atoms with Crippen molar-refractivity contribution in [2.45, 2.75) is 26.3 Å². The van der Waals surface area contributed by atoms with E-state index in [1.54, 1.807) is 19.9 Å². The van der Waals surface area contributed by atoms with Gasteiger partial charge in [-0.05, 0) is 44.2 Å². The third-order valence-electron chi connectivity index (χ3n) is 2.86. The summed E-state index contributed by atoms with van der Waals surface area (Å²) in [5.41, 5.74) is -0.242. The van der Waals surface area contributed by atoms with E-state index in [-0.39, 0.29) is 12.4 Å². The molecule has 0 aromatic heterocycles. The first-order valence-electron chi connectivity index (χ1n) is 6.15. The summed E-state index contributed by atoms with van der Waals surface area (Å²) in [5.74, 6) is -0.157. The van der Waals surface area contributed by atoms with E-state index in [4.69, 9.17) is 9.47 Å². The number of esters is 1. The lowest BCUT2D eigenvalue weighted by Gasteiger charge is -2.27. The van der Waals surface area contributed by atoms with Gasteiger partial charge < -0.3 is 9.47 Å². The maximum atomic E-state index is 13.0. The summed E-state index contributed by atoms with van der Waals surface area (Å²) < 4.78 is 23.4. The number of hydrogen-bond donors (Lipinski definition) is 1. The number of rotatable bonds is 6. The summed E-state index contributed by atoms with van der Waals surface area (Å²) in [5, 5.41) is 3.04. The number of methoxy groups -OCH3 is 1. The fourth-order valence-electron chi connectivity index (χ4n) is 1.79. The standard InChI is InChI=1S/C14H20FNO3/c1-5-16-14(3,13(17)18-4)9-19-12-7-6-11(15)8-10(12)2/h6-8,16H,5,9H2,1-4H3. The van der Waals surface area contributed by atoms with Crippen LogP contribution < -0.4 is 10.1 Å². The number of halogens is 1. The maximum Gasteiger partial charge on any atom is 0.329 e. The van der Waals surface area contributed by atoms with Crippen LogP contribution in [0.1, 0.15) is 19.4 Å². The molecule has 0 fully saturated rings. The zero-order chi connectivity index (χ0) is 14.5. The first kappa shape index (κ1) is 15.4. The number of aryl methyl sites for hydroxylation is 1. The normalized spacial score (nSPS) is 13.7. The zero-order valence-electron chi connectivity index (χ0n) is 11.7.